The molecule has 2 aromatic heterocycles. The molecule has 0 unspecified atom stereocenters. The number of aryl methyl sites for hydroxylation is 1. The van der Waals surface area contributed by atoms with Gasteiger partial charge >= 0.3 is 0 Å². The summed E-state index contributed by atoms with van der Waals surface area (Å²) in [6.45, 7) is 1.88. The molecular weight excluding hydrogens is 296 g/mol. The van der Waals surface area contributed by atoms with Gasteiger partial charge in [-0.1, -0.05) is 0 Å². The van der Waals surface area contributed by atoms with Crippen LogP contribution < -0.4 is 5.32 Å². The standard InChI is InChI=1S/C14H11F2N3OS/c1-8-6-19-10(7-21-14(19)17-8)5-13(20)18-9-2-3-11(15)12(16)4-9/h2-4,6-7H,5H2,1H3,(H,18,20). The van der Waals surface area contributed by atoms with E-state index in [0.29, 0.717) is 0 Å². The second-order valence-corrected chi connectivity index (χ2v) is 5.45. The highest BCUT2D eigenvalue weighted by molar-refractivity contribution is 7.15. The second kappa shape index (κ2) is 5.25. The van der Waals surface area contributed by atoms with Crippen molar-refractivity contribution in [1.29, 1.82) is 0 Å². The zero-order chi connectivity index (χ0) is 15.0. The van der Waals surface area contributed by atoms with E-state index in [0.717, 1.165) is 28.5 Å². The number of imidazole rings is 1. The number of carbonyl (C=O) groups excluding carboxylic acids is 1. The number of hydrogen-bond acceptors (Lipinski definition) is 3. The van der Waals surface area contributed by atoms with Crippen molar-refractivity contribution in [2.75, 3.05) is 5.32 Å². The van der Waals surface area contributed by atoms with Crippen LogP contribution in [0.15, 0.2) is 29.8 Å². The number of hydrogen-bond donors (Lipinski definition) is 1. The molecule has 0 aliphatic heterocycles. The summed E-state index contributed by atoms with van der Waals surface area (Å²) in [5, 5.41) is 4.40. The number of carbonyl (C=O) groups is 1. The number of amides is 1. The molecule has 0 fully saturated rings. The Morgan fingerprint density at radius 1 is 1.38 bits per heavy atom. The van der Waals surface area contributed by atoms with E-state index >= 15 is 0 Å². The van der Waals surface area contributed by atoms with Gasteiger partial charge in [-0.15, -0.1) is 11.3 Å². The first-order chi connectivity index (χ1) is 10.0. The van der Waals surface area contributed by atoms with Gasteiger partial charge < -0.3 is 5.32 Å². The molecule has 1 aromatic carbocycles. The molecule has 0 atom stereocenters. The predicted molar refractivity (Wildman–Crippen MR) is 76.5 cm³/mol. The Labute approximate surface area is 123 Å². The Kier molecular flexibility index (Phi) is 3.42. The summed E-state index contributed by atoms with van der Waals surface area (Å²) < 4.78 is 27.8. The number of nitrogens with one attached hydrogen (secondary N) is 1. The minimum absolute atomic E-state index is 0.134. The molecule has 0 aliphatic rings. The highest BCUT2D eigenvalue weighted by Crippen LogP contribution is 2.18. The molecule has 0 spiro atoms. The average molecular weight is 307 g/mol. The third-order valence-corrected chi connectivity index (χ3v) is 3.84. The monoisotopic (exact) mass is 307 g/mol. The van der Waals surface area contributed by atoms with Gasteiger partial charge in [-0.05, 0) is 19.1 Å². The summed E-state index contributed by atoms with van der Waals surface area (Å²) in [5.41, 5.74) is 1.91. The molecule has 1 N–H and O–H groups in total. The number of aromatic nitrogens is 2. The van der Waals surface area contributed by atoms with E-state index in [-0.39, 0.29) is 18.0 Å². The summed E-state index contributed by atoms with van der Waals surface area (Å²) in [4.78, 5) is 17.1. The van der Waals surface area contributed by atoms with Crippen LogP contribution in [0.25, 0.3) is 4.96 Å². The third-order valence-electron chi connectivity index (χ3n) is 2.95. The zero-order valence-corrected chi connectivity index (χ0v) is 11.9. The van der Waals surface area contributed by atoms with Crippen molar-refractivity contribution in [2.45, 2.75) is 13.3 Å². The van der Waals surface area contributed by atoms with Crippen molar-refractivity contribution >= 4 is 27.9 Å². The molecular formula is C14H11F2N3OS. The topological polar surface area (TPSA) is 46.4 Å². The van der Waals surface area contributed by atoms with E-state index in [1.807, 2.05) is 22.9 Å². The quantitative estimate of drug-likeness (QED) is 0.808. The lowest BCUT2D eigenvalue weighted by Gasteiger charge is -2.05. The largest absolute Gasteiger partial charge is 0.326 e. The number of anilines is 1. The van der Waals surface area contributed by atoms with Gasteiger partial charge in [0.05, 0.1) is 12.1 Å². The van der Waals surface area contributed by atoms with E-state index in [9.17, 15) is 13.6 Å². The SMILES string of the molecule is Cc1cn2c(CC(=O)Nc3ccc(F)c(F)c3)csc2n1. The molecule has 2 heterocycles. The lowest BCUT2D eigenvalue weighted by Crippen LogP contribution is -2.15. The maximum Gasteiger partial charge on any atom is 0.230 e. The van der Waals surface area contributed by atoms with Crippen molar-refractivity contribution in [3.8, 4) is 0 Å². The normalized spacial score (nSPS) is 11.0. The number of rotatable bonds is 3. The van der Waals surface area contributed by atoms with Gasteiger partial charge in [-0.25, -0.2) is 13.8 Å². The van der Waals surface area contributed by atoms with Crippen LogP contribution in [0.5, 0.6) is 0 Å². The van der Waals surface area contributed by atoms with Crippen LogP contribution in [0.3, 0.4) is 0 Å². The minimum atomic E-state index is -0.990. The molecule has 0 saturated carbocycles. The van der Waals surface area contributed by atoms with Crippen LogP contribution in [-0.4, -0.2) is 15.3 Å². The zero-order valence-electron chi connectivity index (χ0n) is 11.1. The van der Waals surface area contributed by atoms with Crippen LogP contribution in [-0.2, 0) is 11.2 Å². The molecule has 21 heavy (non-hydrogen) atoms. The fourth-order valence-electron chi connectivity index (χ4n) is 2.01. The fraction of sp³-hybridized carbons (Fsp3) is 0.143. The number of fused-ring (bicyclic) bond motifs is 1. The molecule has 7 heteroatoms. The second-order valence-electron chi connectivity index (χ2n) is 4.62. The molecule has 0 aliphatic carbocycles. The van der Waals surface area contributed by atoms with Crippen molar-refractivity contribution in [1.82, 2.24) is 9.38 Å². The Hall–Kier alpha value is -2.28. The maximum absolute atomic E-state index is 13.1. The summed E-state index contributed by atoms with van der Waals surface area (Å²) in [6.07, 6.45) is 1.99. The van der Waals surface area contributed by atoms with Gasteiger partial charge in [0.25, 0.3) is 0 Å². The molecule has 0 radical (unpaired) electrons. The van der Waals surface area contributed by atoms with Crippen LogP contribution >= 0.6 is 11.3 Å². The Bertz CT molecular complexity index is 825. The first-order valence-electron chi connectivity index (χ1n) is 6.20. The van der Waals surface area contributed by atoms with Crippen molar-refractivity contribution in [2.24, 2.45) is 0 Å². The minimum Gasteiger partial charge on any atom is -0.326 e. The molecule has 3 aromatic rings. The van der Waals surface area contributed by atoms with Gasteiger partial charge in [-0.3, -0.25) is 9.20 Å². The van der Waals surface area contributed by atoms with Gasteiger partial charge in [0.15, 0.2) is 16.6 Å². The van der Waals surface area contributed by atoms with E-state index < -0.39 is 11.6 Å². The van der Waals surface area contributed by atoms with Crippen LogP contribution in [0.2, 0.25) is 0 Å². The fourth-order valence-corrected chi connectivity index (χ4v) is 2.93. The number of thiazole rings is 1. The lowest BCUT2D eigenvalue weighted by molar-refractivity contribution is -0.115. The molecule has 108 valence electrons. The first kappa shape index (κ1) is 13.7. The third kappa shape index (κ3) is 2.78. The van der Waals surface area contributed by atoms with Crippen LogP contribution in [0.4, 0.5) is 14.5 Å². The lowest BCUT2D eigenvalue weighted by atomic mass is 10.2. The number of nitrogens with zero attached hydrogens (tertiary/aromatic N) is 2. The van der Waals surface area contributed by atoms with Gasteiger partial charge in [-0.2, -0.15) is 0 Å². The molecule has 0 bridgehead atoms. The van der Waals surface area contributed by atoms with E-state index in [2.05, 4.69) is 10.3 Å². The molecule has 4 nitrogen and oxygen atoms in total. The van der Waals surface area contributed by atoms with Crippen LogP contribution in [0.1, 0.15) is 11.4 Å². The summed E-state index contributed by atoms with van der Waals surface area (Å²) in [5.74, 6) is -2.23. The van der Waals surface area contributed by atoms with E-state index in [4.69, 9.17) is 0 Å². The smallest absolute Gasteiger partial charge is 0.230 e. The summed E-state index contributed by atoms with van der Waals surface area (Å²) >= 11 is 1.45. The Balaban J connectivity index is 1.75. The Morgan fingerprint density at radius 3 is 2.95 bits per heavy atom. The Morgan fingerprint density at radius 2 is 2.19 bits per heavy atom. The molecule has 1 amide bonds. The maximum atomic E-state index is 13.1. The highest BCUT2D eigenvalue weighted by Gasteiger charge is 2.11. The summed E-state index contributed by atoms with van der Waals surface area (Å²) in [7, 11) is 0. The van der Waals surface area contributed by atoms with Crippen molar-refractivity contribution in [3.63, 3.8) is 0 Å². The van der Waals surface area contributed by atoms with E-state index in [1.165, 1.54) is 17.4 Å². The summed E-state index contributed by atoms with van der Waals surface area (Å²) in [6, 6.07) is 3.26. The van der Waals surface area contributed by atoms with Gasteiger partial charge in [0, 0.05) is 29.0 Å². The van der Waals surface area contributed by atoms with Gasteiger partial charge in [0.1, 0.15) is 0 Å². The predicted octanol–water partition coefficient (Wildman–Crippen LogP) is 3.16. The highest BCUT2D eigenvalue weighted by atomic mass is 32.1. The van der Waals surface area contributed by atoms with Crippen LogP contribution in [0, 0.1) is 18.6 Å². The van der Waals surface area contributed by atoms with Gasteiger partial charge in [0.2, 0.25) is 5.91 Å². The molecule has 3 rings (SSSR count). The number of halogens is 2. The molecule has 0 saturated heterocycles. The van der Waals surface area contributed by atoms with E-state index in [1.54, 1.807) is 0 Å². The first-order valence-corrected chi connectivity index (χ1v) is 7.08. The van der Waals surface area contributed by atoms with Crippen molar-refractivity contribution < 1.29 is 13.6 Å². The number of benzene rings is 1. The van der Waals surface area contributed by atoms with Crippen molar-refractivity contribution in [3.05, 3.63) is 52.8 Å². The average Bonchev–Trinajstić information content (AvgIpc) is 2.95.